The molecule has 2 aromatic rings. The number of benzene rings is 2. The molecule has 2 aromatic carbocycles. The van der Waals surface area contributed by atoms with E-state index in [0.29, 0.717) is 16.9 Å². The highest BCUT2D eigenvalue weighted by Gasteiger charge is 2.38. The average Bonchev–Trinajstić information content (AvgIpc) is 2.95. The molecule has 2 heterocycles. The number of alkyl halides is 2. The van der Waals surface area contributed by atoms with Gasteiger partial charge in [-0.25, -0.2) is 0 Å². The predicted octanol–water partition coefficient (Wildman–Crippen LogP) is 4.00. The van der Waals surface area contributed by atoms with Crippen molar-refractivity contribution in [1.29, 1.82) is 0 Å². The number of nitrogens with zero attached hydrogens (tertiary/aromatic N) is 1. The molecule has 2 fully saturated rings. The molecule has 4 rings (SSSR count). The van der Waals surface area contributed by atoms with Crippen molar-refractivity contribution < 1.29 is 18.3 Å². The summed E-state index contributed by atoms with van der Waals surface area (Å²) in [6.07, 6.45) is 3.06. The fourth-order valence-corrected chi connectivity index (χ4v) is 4.11. The van der Waals surface area contributed by atoms with Crippen LogP contribution in [0.2, 0.25) is 0 Å². The number of nitrogens with one attached hydrogen (secondary N) is 2. The van der Waals surface area contributed by atoms with Crippen molar-refractivity contribution in [2.24, 2.45) is 0 Å². The third-order valence-electron chi connectivity index (χ3n) is 5.40. The molecule has 0 radical (unpaired) electrons. The van der Waals surface area contributed by atoms with Crippen LogP contribution in [0.25, 0.3) is 0 Å². The number of carbonyl (C=O) groups excluding carboxylic acids is 1. The van der Waals surface area contributed by atoms with Crippen LogP contribution in [0.4, 0.5) is 20.2 Å². The van der Waals surface area contributed by atoms with Crippen molar-refractivity contribution in [1.82, 2.24) is 10.2 Å². The number of hydrogen-bond donors (Lipinski definition) is 2. The van der Waals surface area contributed by atoms with Crippen LogP contribution in [0.15, 0.2) is 48.5 Å². The number of halogens is 2. The fourth-order valence-electron chi connectivity index (χ4n) is 4.11. The van der Waals surface area contributed by atoms with E-state index in [1.165, 1.54) is 12.1 Å². The maximum absolute atomic E-state index is 13.4. The van der Waals surface area contributed by atoms with E-state index < -0.39 is 6.61 Å². The third-order valence-corrected chi connectivity index (χ3v) is 5.40. The summed E-state index contributed by atoms with van der Waals surface area (Å²) < 4.78 is 29.0. The van der Waals surface area contributed by atoms with Gasteiger partial charge in [0.05, 0.1) is 11.3 Å². The van der Waals surface area contributed by atoms with Crippen LogP contribution in [-0.2, 0) is 0 Å². The normalized spacial score (nSPS) is 21.5. The largest absolute Gasteiger partial charge is 0.435 e. The van der Waals surface area contributed by atoms with E-state index in [9.17, 15) is 13.6 Å². The smallest absolute Gasteiger partial charge is 0.387 e. The molecule has 28 heavy (non-hydrogen) atoms. The van der Waals surface area contributed by atoms with E-state index in [2.05, 4.69) is 15.4 Å². The van der Waals surface area contributed by atoms with Gasteiger partial charge in [-0.2, -0.15) is 8.78 Å². The Labute approximate surface area is 162 Å². The molecule has 2 bridgehead atoms. The maximum Gasteiger partial charge on any atom is 0.387 e. The molecule has 2 saturated heterocycles. The summed E-state index contributed by atoms with van der Waals surface area (Å²) in [7, 11) is 0. The molecule has 5 nitrogen and oxygen atoms in total. The molecule has 2 unspecified atom stereocenters. The molecular formula is C21H23F2N3O2. The zero-order valence-corrected chi connectivity index (χ0v) is 15.4. The Hall–Kier alpha value is -2.67. The lowest BCUT2D eigenvalue weighted by atomic mass is 10.1. The minimum absolute atomic E-state index is 0.0388. The molecular weight excluding hydrogens is 364 g/mol. The number of rotatable bonds is 5. The summed E-state index contributed by atoms with van der Waals surface area (Å²) in [5.74, 6) is 0.135. The summed E-state index contributed by atoms with van der Waals surface area (Å²) >= 11 is 0. The first kappa shape index (κ1) is 18.7. The van der Waals surface area contributed by atoms with Gasteiger partial charge in [-0.15, -0.1) is 0 Å². The second-order valence-corrected chi connectivity index (χ2v) is 7.16. The number of hydrogen-bond acceptors (Lipinski definition) is 4. The summed E-state index contributed by atoms with van der Waals surface area (Å²) in [5, 5.41) is 6.65. The Kier molecular flexibility index (Phi) is 5.43. The number of anilines is 2. The average molecular weight is 387 g/mol. The van der Waals surface area contributed by atoms with Gasteiger partial charge in [0.1, 0.15) is 5.75 Å². The van der Waals surface area contributed by atoms with Crippen LogP contribution in [0, 0.1) is 0 Å². The van der Waals surface area contributed by atoms with Crippen LogP contribution < -0.4 is 15.4 Å². The van der Waals surface area contributed by atoms with Crippen LogP contribution >= 0.6 is 0 Å². The van der Waals surface area contributed by atoms with E-state index in [1.807, 2.05) is 29.2 Å². The van der Waals surface area contributed by atoms with Gasteiger partial charge in [-0.1, -0.05) is 12.1 Å². The van der Waals surface area contributed by atoms with Crippen molar-refractivity contribution in [2.45, 2.75) is 38.0 Å². The lowest BCUT2D eigenvalue weighted by Gasteiger charge is -2.29. The second kappa shape index (κ2) is 8.14. The van der Waals surface area contributed by atoms with Gasteiger partial charge in [-0.3, -0.25) is 4.79 Å². The molecule has 0 saturated carbocycles. The number of carbonyl (C=O) groups is 1. The predicted molar refractivity (Wildman–Crippen MR) is 103 cm³/mol. The van der Waals surface area contributed by atoms with E-state index in [1.54, 1.807) is 12.1 Å². The maximum atomic E-state index is 13.4. The van der Waals surface area contributed by atoms with Gasteiger partial charge in [-0.05, 0) is 62.2 Å². The first-order chi connectivity index (χ1) is 13.6. The highest BCUT2D eigenvalue weighted by atomic mass is 19.3. The first-order valence-corrected chi connectivity index (χ1v) is 9.56. The SMILES string of the molecule is O=C(c1ccccc1Nc1ccc(OC(F)F)cc1)N1C2CCNCC1CC2. The molecule has 2 atom stereocenters. The topological polar surface area (TPSA) is 53.6 Å². The monoisotopic (exact) mass is 387 g/mol. The van der Waals surface area contributed by atoms with E-state index in [-0.39, 0.29) is 23.7 Å². The molecule has 0 aliphatic carbocycles. The lowest BCUT2D eigenvalue weighted by molar-refractivity contribution is -0.0498. The summed E-state index contributed by atoms with van der Waals surface area (Å²) in [4.78, 5) is 15.4. The molecule has 7 heteroatoms. The number of para-hydroxylation sites is 1. The van der Waals surface area contributed by atoms with Crippen molar-refractivity contribution >= 4 is 17.3 Å². The van der Waals surface area contributed by atoms with Crippen LogP contribution in [0.3, 0.4) is 0 Å². The zero-order valence-electron chi connectivity index (χ0n) is 15.4. The quantitative estimate of drug-likeness (QED) is 0.814. The van der Waals surface area contributed by atoms with Gasteiger partial charge in [0.25, 0.3) is 5.91 Å². The van der Waals surface area contributed by atoms with Crippen LogP contribution in [0.5, 0.6) is 5.75 Å². The Morgan fingerprint density at radius 2 is 1.82 bits per heavy atom. The molecule has 1 amide bonds. The number of fused-ring (bicyclic) bond motifs is 2. The van der Waals surface area contributed by atoms with Gasteiger partial charge < -0.3 is 20.3 Å². The zero-order chi connectivity index (χ0) is 19.5. The summed E-state index contributed by atoms with van der Waals surface area (Å²) in [6.45, 7) is -1.07. The van der Waals surface area contributed by atoms with Crippen molar-refractivity contribution in [2.75, 3.05) is 18.4 Å². The molecule has 0 aromatic heterocycles. The Morgan fingerprint density at radius 1 is 1.07 bits per heavy atom. The molecule has 148 valence electrons. The third kappa shape index (κ3) is 3.94. The highest BCUT2D eigenvalue weighted by Crippen LogP contribution is 2.32. The molecule has 2 aliphatic rings. The Bertz CT molecular complexity index is 815. The minimum Gasteiger partial charge on any atom is -0.435 e. The summed E-state index contributed by atoms with van der Waals surface area (Å²) in [6, 6.07) is 14.2. The van der Waals surface area contributed by atoms with Crippen LogP contribution in [0.1, 0.15) is 29.6 Å². The van der Waals surface area contributed by atoms with Gasteiger partial charge in [0.2, 0.25) is 0 Å². The van der Waals surface area contributed by atoms with Crippen molar-refractivity contribution in [3.05, 3.63) is 54.1 Å². The number of ether oxygens (including phenoxy) is 1. The minimum atomic E-state index is -2.85. The molecule has 2 aliphatic heterocycles. The standard InChI is InChI=1S/C21H23F2N3O2/c22-21(23)28-17-9-5-14(6-10-17)25-19-4-2-1-3-18(19)20(27)26-15-7-8-16(26)13-24-12-11-15/h1-6,9-10,15-16,21,24-25H,7-8,11-13H2. The second-order valence-electron chi connectivity index (χ2n) is 7.16. The van der Waals surface area contributed by atoms with Gasteiger partial charge in [0, 0.05) is 24.3 Å². The number of amides is 1. The van der Waals surface area contributed by atoms with E-state index >= 15 is 0 Å². The van der Waals surface area contributed by atoms with Crippen molar-refractivity contribution in [3.63, 3.8) is 0 Å². The summed E-state index contributed by atoms with van der Waals surface area (Å²) in [5.41, 5.74) is 2.02. The van der Waals surface area contributed by atoms with Gasteiger partial charge in [0.15, 0.2) is 0 Å². The van der Waals surface area contributed by atoms with E-state index in [0.717, 1.165) is 32.4 Å². The Balaban J connectivity index is 1.54. The van der Waals surface area contributed by atoms with E-state index in [4.69, 9.17) is 0 Å². The fraction of sp³-hybridized carbons (Fsp3) is 0.381. The molecule has 0 spiro atoms. The van der Waals surface area contributed by atoms with Gasteiger partial charge >= 0.3 is 6.61 Å². The Morgan fingerprint density at radius 3 is 2.61 bits per heavy atom. The highest BCUT2D eigenvalue weighted by molar-refractivity contribution is 6.00. The van der Waals surface area contributed by atoms with Crippen molar-refractivity contribution in [3.8, 4) is 5.75 Å². The first-order valence-electron chi connectivity index (χ1n) is 9.56. The lowest BCUT2D eigenvalue weighted by Crippen LogP contribution is -2.42. The molecule has 2 N–H and O–H groups in total. The van der Waals surface area contributed by atoms with Crippen LogP contribution in [-0.4, -0.2) is 42.6 Å².